The molecular weight excluding hydrogens is 560 g/mol. The van der Waals surface area contributed by atoms with E-state index in [1.807, 2.05) is 20.2 Å². The minimum atomic E-state index is -3.40. The number of aryl methyl sites for hydroxylation is 2. The van der Waals surface area contributed by atoms with Gasteiger partial charge in [-0.25, -0.2) is 4.79 Å². The topological polar surface area (TPSA) is 116 Å². The van der Waals surface area contributed by atoms with Crippen molar-refractivity contribution in [3.63, 3.8) is 0 Å². The number of carbonyl (C=O) groups excluding carboxylic acids is 2. The molecule has 13 heteroatoms. The lowest BCUT2D eigenvalue weighted by molar-refractivity contribution is -0.220. The maximum Gasteiger partial charge on any atom is 0.411 e. The summed E-state index contributed by atoms with van der Waals surface area (Å²) in [4.78, 5) is 33.6. The SMILES string of the molecule is Cc1nn(C)cc1-c1cc2c(cn1)CN(c1ccc(O[C@@H]3C[C@@]4(C)CC[C@](C)(N4C(=O)OC(C)(C)C)C3(F)F)nn1)C2=O. The number of hydrogen-bond donors (Lipinski definition) is 0. The molecule has 0 saturated carbocycles. The summed E-state index contributed by atoms with van der Waals surface area (Å²) in [6.07, 6.45) is 1.60. The molecule has 11 nitrogen and oxygen atoms in total. The van der Waals surface area contributed by atoms with Gasteiger partial charge in [0, 0.05) is 54.2 Å². The summed E-state index contributed by atoms with van der Waals surface area (Å²) in [5.74, 6) is -3.49. The van der Waals surface area contributed by atoms with E-state index >= 15 is 8.78 Å². The van der Waals surface area contributed by atoms with Crippen LogP contribution in [0.3, 0.4) is 0 Å². The Morgan fingerprint density at radius 1 is 1.12 bits per heavy atom. The highest BCUT2D eigenvalue weighted by Gasteiger charge is 2.73. The number of aromatic nitrogens is 5. The van der Waals surface area contributed by atoms with Crippen LogP contribution in [0, 0.1) is 6.92 Å². The van der Waals surface area contributed by atoms with Gasteiger partial charge in [0.1, 0.15) is 11.1 Å². The standard InChI is InChI=1S/C30H35F2N7O4/c1-17-20(16-37(7)36-17)21-12-19-18(14-33-21)15-38(25(19)40)23-8-9-24(35-34-23)42-22-13-28(5)10-11-29(6,30(22,31)32)39(28)26(41)43-27(2,3)4/h8-9,12,14,16,22H,10-11,13,15H2,1-7H3/t22-,28-,29+/m1/s1. The smallest absolute Gasteiger partial charge is 0.411 e. The van der Waals surface area contributed by atoms with Crippen molar-refractivity contribution in [2.45, 2.75) is 96.1 Å². The third kappa shape index (κ3) is 4.60. The van der Waals surface area contributed by atoms with Gasteiger partial charge in [-0.2, -0.15) is 13.9 Å². The molecule has 6 heterocycles. The van der Waals surface area contributed by atoms with Crippen LogP contribution in [0.25, 0.3) is 11.3 Å². The van der Waals surface area contributed by atoms with Crippen molar-refractivity contribution < 1.29 is 27.8 Å². The molecule has 2 saturated heterocycles. The van der Waals surface area contributed by atoms with Gasteiger partial charge in [0.15, 0.2) is 11.9 Å². The highest BCUT2D eigenvalue weighted by atomic mass is 19.3. The zero-order valence-corrected chi connectivity index (χ0v) is 25.3. The largest absolute Gasteiger partial charge is 0.467 e. The number of hydrogen-bond acceptors (Lipinski definition) is 8. The van der Waals surface area contributed by atoms with Crippen LogP contribution in [0.5, 0.6) is 5.88 Å². The zero-order valence-electron chi connectivity index (χ0n) is 25.3. The number of nitrogens with zero attached hydrogens (tertiary/aromatic N) is 7. The number of rotatable bonds is 4. The number of amides is 2. The lowest BCUT2D eigenvalue weighted by atomic mass is 9.80. The summed E-state index contributed by atoms with van der Waals surface area (Å²) in [6, 6.07) is 4.70. The van der Waals surface area contributed by atoms with E-state index in [1.54, 1.807) is 44.6 Å². The second-order valence-electron chi connectivity index (χ2n) is 13.2. The van der Waals surface area contributed by atoms with Crippen LogP contribution in [0.15, 0.2) is 30.6 Å². The predicted octanol–water partition coefficient (Wildman–Crippen LogP) is 5.08. The first-order chi connectivity index (χ1) is 20.0. The number of fused-ring (bicyclic) bond motifs is 3. The molecule has 6 rings (SSSR count). The lowest BCUT2D eigenvalue weighted by Gasteiger charge is -2.54. The Morgan fingerprint density at radius 2 is 1.86 bits per heavy atom. The van der Waals surface area contributed by atoms with Crippen LogP contribution in [-0.4, -0.2) is 70.6 Å². The van der Waals surface area contributed by atoms with E-state index in [2.05, 4.69) is 20.3 Å². The number of halogens is 2. The fraction of sp³-hybridized carbons (Fsp3) is 0.533. The number of anilines is 1. The first-order valence-electron chi connectivity index (χ1n) is 14.3. The molecule has 3 aromatic heterocycles. The van der Waals surface area contributed by atoms with Gasteiger partial charge in [0.2, 0.25) is 5.88 Å². The van der Waals surface area contributed by atoms with E-state index < -0.39 is 34.8 Å². The Bertz CT molecular complexity index is 1620. The molecule has 2 fully saturated rings. The number of ether oxygens (including phenoxy) is 2. The molecule has 3 aliphatic rings. The Hall–Kier alpha value is -4.16. The molecule has 3 atom stereocenters. The van der Waals surface area contributed by atoms with Gasteiger partial charge in [0.05, 0.1) is 17.9 Å². The Morgan fingerprint density at radius 3 is 2.49 bits per heavy atom. The van der Waals surface area contributed by atoms with Crippen molar-refractivity contribution in [3.8, 4) is 17.1 Å². The van der Waals surface area contributed by atoms with Gasteiger partial charge < -0.3 is 9.47 Å². The maximum atomic E-state index is 16.1. The second-order valence-corrected chi connectivity index (χ2v) is 13.2. The van der Waals surface area contributed by atoms with Crippen LogP contribution in [0.1, 0.15) is 75.5 Å². The van der Waals surface area contributed by atoms with Gasteiger partial charge in [-0.1, -0.05) is 0 Å². The summed E-state index contributed by atoms with van der Waals surface area (Å²) in [5, 5.41) is 12.5. The van der Waals surface area contributed by atoms with Gasteiger partial charge in [-0.3, -0.25) is 24.3 Å². The highest BCUT2D eigenvalue weighted by Crippen LogP contribution is 2.58. The fourth-order valence-electron chi connectivity index (χ4n) is 6.61. The lowest BCUT2D eigenvalue weighted by Crippen LogP contribution is -2.72. The average molecular weight is 596 g/mol. The third-order valence-electron chi connectivity index (χ3n) is 8.75. The second kappa shape index (κ2) is 9.42. The van der Waals surface area contributed by atoms with Gasteiger partial charge >= 0.3 is 12.0 Å². The predicted molar refractivity (Wildman–Crippen MR) is 152 cm³/mol. The Kier molecular flexibility index (Phi) is 6.34. The fourth-order valence-corrected chi connectivity index (χ4v) is 6.61. The summed E-state index contributed by atoms with van der Waals surface area (Å²) in [7, 11) is 1.82. The van der Waals surface area contributed by atoms with Crippen molar-refractivity contribution in [1.82, 2.24) is 29.9 Å². The van der Waals surface area contributed by atoms with Crippen molar-refractivity contribution >= 4 is 17.8 Å². The van der Waals surface area contributed by atoms with Crippen LogP contribution < -0.4 is 9.64 Å². The maximum absolute atomic E-state index is 16.1. The van der Waals surface area contributed by atoms with Crippen molar-refractivity contribution in [2.24, 2.45) is 7.05 Å². The number of piperidine rings is 1. The van der Waals surface area contributed by atoms with Gasteiger partial charge in [-0.05, 0) is 66.5 Å². The monoisotopic (exact) mass is 595 g/mol. The van der Waals surface area contributed by atoms with Crippen LogP contribution in [-0.2, 0) is 18.3 Å². The van der Waals surface area contributed by atoms with Gasteiger partial charge in [0.25, 0.3) is 5.91 Å². The molecule has 3 aromatic rings. The summed E-state index contributed by atoms with van der Waals surface area (Å²) in [5.41, 5.74) is 0.0250. The molecule has 0 aromatic carbocycles. The van der Waals surface area contributed by atoms with E-state index in [4.69, 9.17) is 9.47 Å². The highest BCUT2D eigenvalue weighted by molar-refractivity contribution is 6.09. The molecule has 0 unspecified atom stereocenters. The summed E-state index contributed by atoms with van der Waals surface area (Å²) >= 11 is 0. The van der Waals surface area contributed by atoms with Crippen LogP contribution >= 0.6 is 0 Å². The minimum absolute atomic E-state index is 0.0918. The molecule has 0 N–H and O–H groups in total. The van der Waals surface area contributed by atoms with E-state index in [-0.39, 0.29) is 37.0 Å². The summed E-state index contributed by atoms with van der Waals surface area (Å²) < 4.78 is 45.1. The Labute approximate surface area is 248 Å². The van der Waals surface area contributed by atoms with E-state index in [1.165, 1.54) is 28.9 Å². The third-order valence-corrected chi connectivity index (χ3v) is 8.75. The van der Waals surface area contributed by atoms with E-state index in [0.29, 0.717) is 17.7 Å². The molecule has 0 radical (unpaired) electrons. The van der Waals surface area contributed by atoms with Crippen molar-refractivity contribution in [2.75, 3.05) is 4.90 Å². The van der Waals surface area contributed by atoms with E-state index in [9.17, 15) is 9.59 Å². The van der Waals surface area contributed by atoms with Crippen LogP contribution in [0.2, 0.25) is 0 Å². The molecule has 2 amide bonds. The number of alkyl halides is 2. The van der Waals surface area contributed by atoms with E-state index in [0.717, 1.165) is 16.8 Å². The van der Waals surface area contributed by atoms with Crippen molar-refractivity contribution in [3.05, 3.63) is 47.4 Å². The minimum Gasteiger partial charge on any atom is -0.467 e. The molecule has 0 aliphatic carbocycles. The van der Waals surface area contributed by atoms with Crippen molar-refractivity contribution in [1.29, 1.82) is 0 Å². The summed E-state index contributed by atoms with van der Waals surface area (Å²) in [6.45, 7) is 10.4. The first kappa shape index (κ1) is 28.9. The first-order valence-corrected chi connectivity index (χ1v) is 14.3. The van der Waals surface area contributed by atoms with Gasteiger partial charge in [-0.15, -0.1) is 10.2 Å². The quantitative estimate of drug-likeness (QED) is 0.410. The number of pyridine rings is 1. The number of carbonyl (C=O) groups is 2. The average Bonchev–Trinajstić information content (AvgIpc) is 3.51. The van der Waals surface area contributed by atoms with Crippen LogP contribution in [0.4, 0.5) is 19.4 Å². The molecule has 3 aliphatic heterocycles. The molecule has 43 heavy (non-hydrogen) atoms. The zero-order chi connectivity index (χ0) is 31.1. The molecule has 228 valence electrons. The molecule has 0 spiro atoms. The Balaban J connectivity index is 1.19. The molecule has 2 bridgehead atoms. The normalized spacial score (nSPS) is 26.1. The molecular formula is C30H35F2N7O4.